The largest absolute Gasteiger partial charge is 0.384 e. The molecule has 1 aliphatic heterocycles. The number of hydrogen-bond donors (Lipinski definition) is 1. The summed E-state index contributed by atoms with van der Waals surface area (Å²) in [6, 6.07) is 9.23. The van der Waals surface area contributed by atoms with Crippen LogP contribution < -0.4 is 5.32 Å². The molecule has 19 heavy (non-hydrogen) atoms. The zero-order chi connectivity index (χ0) is 13.5. The van der Waals surface area contributed by atoms with E-state index in [9.17, 15) is 0 Å². The lowest BCUT2D eigenvalue weighted by molar-refractivity contribution is 0.145. The van der Waals surface area contributed by atoms with Gasteiger partial charge in [-0.2, -0.15) is 0 Å². The topological polar surface area (TPSA) is 15.3 Å². The van der Waals surface area contributed by atoms with Gasteiger partial charge in [-0.05, 0) is 44.0 Å². The highest BCUT2D eigenvalue weighted by Gasteiger charge is 2.20. The third-order valence-corrected chi connectivity index (χ3v) is 4.42. The molecule has 1 heterocycles. The summed E-state index contributed by atoms with van der Waals surface area (Å²) in [7, 11) is 0. The number of nitrogens with one attached hydrogen (secondary N) is 1. The van der Waals surface area contributed by atoms with Crippen LogP contribution in [-0.4, -0.2) is 30.6 Å². The molecule has 0 radical (unpaired) electrons. The lowest BCUT2D eigenvalue weighted by Crippen LogP contribution is -2.41. The van der Waals surface area contributed by atoms with Crippen LogP contribution in [0.2, 0.25) is 0 Å². The summed E-state index contributed by atoms with van der Waals surface area (Å²) in [5.41, 5.74) is 1.21. The molecule has 1 aliphatic rings. The second kappa shape index (κ2) is 7.91. The molecule has 0 aliphatic carbocycles. The van der Waals surface area contributed by atoms with E-state index in [1.54, 1.807) is 0 Å². The van der Waals surface area contributed by atoms with Crippen LogP contribution in [0.1, 0.15) is 39.0 Å². The van der Waals surface area contributed by atoms with Gasteiger partial charge in [0.1, 0.15) is 0 Å². The maximum absolute atomic E-state index is 3.52. The average molecular weight is 325 g/mol. The Morgan fingerprint density at radius 3 is 3.05 bits per heavy atom. The summed E-state index contributed by atoms with van der Waals surface area (Å²) in [6.45, 7) is 5.78. The zero-order valence-electron chi connectivity index (χ0n) is 11.9. The molecule has 0 bridgehead atoms. The van der Waals surface area contributed by atoms with Crippen molar-refractivity contribution in [3.05, 3.63) is 28.7 Å². The Labute approximate surface area is 125 Å². The average Bonchev–Trinajstić information content (AvgIpc) is 2.41. The number of nitrogens with zero attached hydrogens (tertiary/aromatic N) is 1. The van der Waals surface area contributed by atoms with Gasteiger partial charge in [-0.25, -0.2) is 0 Å². The molecule has 1 N–H and O–H groups in total. The minimum absolute atomic E-state index is 0.822. The van der Waals surface area contributed by atoms with E-state index >= 15 is 0 Å². The highest BCUT2D eigenvalue weighted by Crippen LogP contribution is 2.20. The van der Waals surface area contributed by atoms with Crippen LogP contribution in [0.5, 0.6) is 0 Å². The van der Waals surface area contributed by atoms with E-state index in [4.69, 9.17) is 0 Å². The van der Waals surface area contributed by atoms with Crippen molar-refractivity contribution in [1.29, 1.82) is 0 Å². The fourth-order valence-electron chi connectivity index (χ4n) is 2.96. The molecule has 2 nitrogen and oxygen atoms in total. The molecule has 1 aromatic carbocycles. The number of likely N-dealkylation sites (tertiary alicyclic amines) is 1. The van der Waals surface area contributed by atoms with Crippen LogP contribution in [0.3, 0.4) is 0 Å². The third kappa shape index (κ3) is 4.81. The van der Waals surface area contributed by atoms with Crippen molar-refractivity contribution in [2.75, 3.05) is 25.0 Å². The van der Waals surface area contributed by atoms with Crippen LogP contribution in [0.4, 0.5) is 5.69 Å². The second-order valence-corrected chi connectivity index (χ2v) is 6.33. The SMILES string of the molecule is CCCC1CCCCN1CCNc1cccc(Br)c1. The first-order valence-corrected chi connectivity index (χ1v) is 8.32. The molecule has 1 fully saturated rings. The number of anilines is 1. The Kier molecular flexibility index (Phi) is 6.18. The normalized spacial score (nSPS) is 20.4. The highest BCUT2D eigenvalue weighted by atomic mass is 79.9. The van der Waals surface area contributed by atoms with Gasteiger partial charge in [-0.15, -0.1) is 0 Å². The Morgan fingerprint density at radius 2 is 2.26 bits per heavy atom. The number of rotatable bonds is 6. The lowest BCUT2D eigenvalue weighted by atomic mass is 9.98. The van der Waals surface area contributed by atoms with Gasteiger partial charge in [-0.1, -0.05) is 41.8 Å². The number of halogens is 1. The minimum Gasteiger partial charge on any atom is -0.384 e. The van der Waals surface area contributed by atoms with Crippen molar-refractivity contribution >= 4 is 21.6 Å². The first-order valence-electron chi connectivity index (χ1n) is 7.53. The fourth-order valence-corrected chi connectivity index (χ4v) is 3.36. The van der Waals surface area contributed by atoms with Crippen LogP contribution in [0, 0.1) is 0 Å². The van der Waals surface area contributed by atoms with E-state index in [2.05, 4.69) is 57.3 Å². The van der Waals surface area contributed by atoms with E-state index in [0.29, 0.717) is 0 Å². The standard InChI is InChI=1S/C16H25BrN2/c1-2-6-16-9-3-4-11-19(16)12-10-18-15-8-5-7-14(17)13-15/h5,7-8,13,16,18H,2-4,6,9-12H2,1H3. The van der Waals surface area contributed by atoms with Gasteiger partial charge in [-0.3, -0.25) is 4.90 Å². The van der Waals surface area contributed by atoms with Crippen LogP contribution in [0.15, 0.2) is 28.7 Å². The zero-order valence-corrected chi connectivity index (χ0v) is 13.5. The summed E-state index contributed by atoms with van der Waals surface area (Å²) in [5, 5.41) is 3.52. The van der Waals surface area contributed by atoms with E-state index in [1.807, 2.05) is 0 Å². The van der Waals surface area contributed by atoms with Gasteiger partial charge in [0.05, 0.1) is 0 Å². The summed E-state index contributed by atoms with van der Waals surface area (Å²) in [5.74, 6) is 0. The van der Waals surface area contributed by atoms with Gasteiger partial charge in [0.2, 0.25) is 0 Å². The summed E-state index contributed by atoms with van der Waals surface area (Å²) >= 11 is 3.51. The van der Waals surface area contributed by atoms with E-state index < -0.39 is 0 Å². The predicted octanol–water partition coefficient (Wildman–Crippen LogP) is 4.52. The molecule has 1 saturated heterocycles. The lowest BCUT2D eigenvalue weighted by Gasteiger charge is -2.35. The molecule has 0 aromatic heterocycles. The molecule has 2 rings (SSSR count). The number of benzene rings is 1. The van der Waals surface area contributed by atoms with E-state index in [0.717, 1.165) is 23.6 Å². The van der Waals surface area contributed by atoms with Gasteiger partial charge in [0.25, 0.3) is 0 Å². The fraction of sp³-hybridized carbons (Fsp3) is 0.625. The van der Waals surface area contributed by atoms with Crippen molar-refractivity contribution < 1.29 is 0 Å². The first kappa shape index (κ1) is 14.9. The number of hydrogen-bond acceptors (Lipinski definition) is 2. The molecule has 1 unspecified atom stereocenters. The smallest absolute Gasteiger partial charge is 0.0351 e. The van der Waals surface area contributed by atoms with Crippen molar-refractivity contribution in [3.63, 3.8) is 0 Å². The first-order chi connectivity index (χ1) is 9.29. The van der Waals surface area contributed by atoms with Crippen LogP contribution >= 0.6 is 15.9 Å². The van der Waals surface area contributed by atoms with Gasteiger partial charge in [0.15, 0.2) is 0 Å². The van der Waals surface area contributed by atoms with Crippen molar-refractivity contribution in [1.82, 2.24) is 4.90 Å². The van der Waals surface area contributed by atoms with Gasteiger partial charge in [0, 0.05) is 29.3 Å². The molecule has 0 spiro atoms. The molecular formula is C16H25BrN2. The summed E-state index contributed by atoms with van der Waals surface area (Å²) in [6.07, 6.45) is 6.85. The molecule has 3 heteroatoms. The highest BCUT2D eigenvalue weighted by molar-refractivity contribution is 9.10. The number of piperidine rings is 1. The summed E-state index contributed by atoms with van der Waals surface area (Å²) in [4.78, 5) is 2.68. The molecule has 1 atom stereocenters. The molecular weight excluding hydrogens is 300 g/mol. The molecule has 106 valence electrons. The maximum atomic E-state index is 3.52. The molecule has 1 aromatic rings. The quantitative estimate of drug-likeness (QED) is 0.827. The van der Waals surface area contributed by atoms with Crippen molar-refractivity contribution in [2.45, 2.75) is 45.1 Å². The predicted molar refractivity (Wildman–Crippen MR) is 86.8 cm³/mol. The Balaban J connectivity index is 1.77. The minimum atomic E-state index is 0.822. The summed E-state index contributed by atoms with van der Waals surface area (Å²) < 4.78 is 1.14. The maximum Gasteiger partial charge on any atom is 0.0351 e. The van der Waals surface area contributed by atoms with Crippen molar-refractivity contribution in [2.24, 2.45) is 0 Å². The van der Waals surface area contributed by atoms with E-state index in [1.165, 1.54) is 44.3 Å². The van der Waals surface area contributed by atoms with Crippen molar-refractivity contribution in [3.8, 4) is 0 Å². The molecule has 0 amide bonds. The third-order valence-electron chi connectivity index (χ3n) is 3.92. The monoisotopic (exact) mass is 324 g/mol. The van der Waals surface area contributed by atoms with Crippen LogP contribution in [-0.2, 0) is 0 Å². The Morgan fingerprint density at radius 1 is 1.37 bits per heavy atom. The van der Waals surface area contributed by atoms with Crippen LogP contribution in [0.25, 0.3) is 0 Å². The Hall–Kier alpha value is -0.540. The second-order valence-electron chi connectivity index (χ2n) is 5.41. The van der Waals surface area contributed by atoms with Gasteiger partial charge >= 0.3 is 0 Å². The Bertz CT molecular complexity index is 379. The van der Waals surface area contributed by atoms with E-state index in [-0.39, 0.29) is 0 Å². The molecule has 0 saturated carbocycles. The van der Waals surface area contributed by atoms with Gasteiger partial charge < -0.3 is 5.32 Å².